The molecule has 0 nitrogen and oxygen atoms in total. The van der Waals surface area contributed by atoms with Crippen molar-refractivity contribution in [2.75, 3.05) is 0 Å². The first kappa shape index (κ1) is 21.5. The zero-order valence-electron chi connectivity index (χ0n) is 19.1. The van der Waals surface area contributed by atoms with Crippen molar-refractivity contribution in [3.63, 3.8) is 0 Å². The summed E-state index contributed by atoms with van der Waals surface area (Å²) >= 11 is 0. The standard InChI is InChI=1S/C29H46/c1-3-23-8-16-27(17-9-23)29-20-12-25(13-21-29)7-6-24-10-18-28(19-11-24)26-14-4-22(2)5-15-26/h3,6-7,10,18,22-29H,1,4-5,8-9,11-17,19-21H2,2H3/b7-6+. The van der Waals surface area contributed by atoms with Crippen LogP contribution in [0.15, 0.2) is 37.0 Å². The molecule has 0 radical (unpaired) electrons. The summed E-state index contributed by atoms with van der Waals surface area (Å²) in [6.45, 7) is 6.45. The number of hydrogen-bond acceptors (Lipinski definition) is 0. The molecule has 3 fully saturated rings. The first-order chi connectivity index (χ1) is 14.2. The molecule has 0 aromatic rings. The van der Waals surface area contributed by atoms with Crippen molar-refractivity contribution in [2.24, 2.45) is 47.3 Å². The van der Waals surface area contributed by atoms with Gasteiger partial charge in [-0.3, -0.25) is 0 Å². The minimum absolute atomic E-state index is 0.723. The minimum Gasteiger partial charge on any atom is -0.103 e. The maximum absolute atomic E-state index is 4.01. The van der Waals surface area contributed by atoms with Gasteiger partial charge in [-0.2, -0.15) is 0 Å². The van der Waals surface area contributed by atoms with Crippen molar-refractivity contribution in [3.05, 3.63) is 37.0 Å². The normalized spacial score (nSPS) is 44.0. The van der Waals surface area contributed by atoms with Crippen LogP contribution in [0.25, 0.3) is 0 Å². The van der Waals surface area contributed by atoms with Crippen molar-refractivity contribution >= 4 is 0 Å². The summed E-state index contributed by atoms with van der Waals surface area (Å²) in [5.41, 5.74) is 0. The van der Waals surface area contributed by atoms with Crippen LogP contribution in [0.3, 0.4) is 0 Å². The van der Waals surface area contributed by atoms with E-state index in [0.717, 1.165) is 47.3 Å². The van der Waals surface area contributed by atoms with Crippen LogP contribution in [-0.2, 0) is 0 Å². The second-order valence-corrected chi connectivity index (χ2v) is 11.3. The van der Waals surface area contributed by atoms with Crippen molar-refractivity contribution < 1.29 is 0 Å². The highest BCUT2D eigenvalue weighted by Gasteiger charge is 2.30. The van der Waals surface area contributed by atoms with Gasteiger partial charge in [0.15, 0.2) is 0 Å². The van der Waals surface area contributed by atoms with Crippen molar-refractivity contribution in [2.45, 2.75) is 96.8 Å². The van der Waals surface area contributed by atoms with Gasteiger partial charge >= 0.3 is 0 Å². The van der Waals surface area contributed by atoms with Gasteiger partial charge < -0.3 is 0 Å². The van der Waals surface area contributed by atoms with Crippen LogP contribution < -0.4 is 0 Å². The lowest BCUT2D eigenvalue weighted by Gasteiger charge is -2.37. The zero-order valence-corrected chi connectivity index (χ0v) is 19.1. The quantitative estimate of drug-likeness (QED) is 0.409. The smallest absolute Gasteiger partial charge is 0.00531 e. The maximum Gasteiger partial charge on any atom is -0.00531 e. The highest BCUT2D eigenvalue weighted by molar-refractivity contribution is 5.08. The highest BCUT2D eigenvalue weighted by Crippen LogP contribution is 2.42. The fraction of sp³-hybridized carbons (Fsp3) is 0.793. The van der Waals surface area contributed by atoms with E-state index in [1.165, 1.54) is 89.9 Å². The molecule has 0 spiro atoms. The maximum atomic E-state index is 4.01. The van der Waals surface area contributed by atoms with E-state index in [2.05, 4.69) is 43.9 Å². The largest absolute Gasteiger partial charge is 0.103 e. The molecular formula is C29H46. The van der Waals surface area contributed by atoms with Crippen LogP contribution in [0.4, 0.5) is 0 Å². The number of hydrogen-bond donors (Lipinski definition) is 0. The fourth-order valence-corrected chi connectivity index (χ4v) is 7.09. The van der Waals surface area contributed by atoms with Gasteiger partial charge in [0, 0.05) is 0 Å². The second kappa shape index (κ2) is 10.5. The summed E-state index contributed by atoms with van der Waals surface area (Å²) in [5, 5.41) is 0. The minimum atomic E-state index is 0.723. The van der Waals surface area contributed by atoms with Crippen LogP contribution in [0.5, 0.6) is 0 Å². The second-order valence-electron chi connectivity index (χ2n) is 11.3. The molecule has 0 aliphatic heterocycles. The fourth-order valence-electron chi connectivity index (χ4n) is 7.09. The molecule has 0 saturated heterocycles. The molecule has 0 heteroatoms. The first-order valence-corrected chi connectivity index (χ1v) is 13.2. The molecule has 0 heterocycles. The predicted octanol–water partition coefficient (Wildman–Crippen LogP) is 8.75. The lowest BCUT2D eigenvalue weighted by Crippen LogP contribution is -2.25. The Labute approximate surface area is 181 Å². The van der Waals surface area contributed by atoms with Crippen LogP contribution in [0, 0.1) is 47.3 Å². The number of rotatable bonds is 5. The Morgan fingerprint density at radius 2 is 1.17 bits per heavy atom. The Hall–Kier alpha value is -0.780. The summed E-state index contributed by atoms with van der Waals surface area (Å²) in [5.74, 6) is 7.31. The van der Waals surface area contributed by atoms with Crippen LogP contribution in [-0.4, -0.2) is 0 Å². The lowest BCUT2D eigenvalue weighted by atomic mass is 9.69. The SMILES string of the molecule is C=CC1CCC(C2CCC(/C=C/C3C=CC(C4CCC(C)CC4)CC3)CC2)CC1. The van der Waals surface area contributed by atoms with Crippen molar-refractivity contribution in [3.8, 4) is 0 Å². The van der Waals surface area contributed by atoms with Crippen molar-refractivity contribution in [1.82, 2.24) is 0 Å². The average Bonchev–Trinajstić information content (AvgIpc) is 2.79. The van der Waals surface area contributed by atoms with Gasteiger partial charge in [0.2, 0.25) is 0 Å². The molecule has 4 aliphatic carbocycles. The van der Waals surface area contributed by atoms with Gasteiger partial charge in [0.05, 0.1) is 0 Å². The van der Waals surface area contributed by atoms with E-state index in [9.17, 15) is 0 Å². The Balaban J connectivity index is 1.17. The monoisotopic (exact) mass is 394 g/mol. The number of allylic oxidation sites excluding steroid dienone is 5. The molecule has 2 unspecified atom stereocenters. The summed E-state index contributed by atoms with van der Waals surface area (Å²) in [6, 6.07) is 0. The molecule has 4 rings (SSSR count). The molecule has 2 atom stereocenters. The van der Waals surface area contributed by atoms with Gasteiger partial charge in [-0.1, -0.05) is 50.1 Å². The molecule has 0 aromatic heterocycles. The third-order valence-corrected chi connectivity index (χ3v) is 9.37. The van der Waals surface area contributed by atoms with Gasteiger partial charge in [-0.25, -0.2) is 0 Å². The summed E-state index contributed by atoms with van der Waals surface area (Å²) < 4.78 is 0. The highest BCUT2D eigenvalue weighted by atomic mass is 14.4. The van der Waals surface area contributed by atoms with E-state index in [0.29, 0.717) is 0 Å². The summed E-state index contributed by atoms with van der Waals surface area (Å²) in [7, 11) is 0. The van der Waals surface area contributed by atoms with Gasteiger partial charge in [0.1, 0.15) is 0 Å². The van der Waals surface area contributed by atoms with E-state index in [-0.39, 0.29) is 0 Å². The van der Waals surface area contributed by atoms with Crippen LogP contribution >= 0.6 is 0 Å². The van der Waals surface area contributed by atoms with Gasteiger partial charge in [-0.05, 0) is 124 Å². The molecular weight excluding hydrogens is 348 g/mol. The van der Waals surface area contributed by atoms with E-state index < -0.39 is 0 Å². The van der Waals surface area contributed by atoms with E-state index in [1.807, 2.05) is 0 Å². The topological polar surface area (TPSA) is 0 Å². The zero-order chi connectivity index (χ0) is 20.1. The Kier molecular flexibility index (Phi) is 7.77. The average molecular weight is 395 g/mol. The van der Waals surface area contributed by atoms with Crippen LogP contribution in [0.2, 0.25) is 0 Å². The lowest BCUT2D eigenvalue weighted by molar-refractivity contribution is 0.166. The van der Waals surface area contributed by atoms with E-state index >= 15 is 0 Å². The first-order valence-electron chi connectivity index (χ1n) is 13.2. The Morgan fingerprint density at radius 1 is 0.586 bits per heavy atom. The Bertz CT molecular complexity index is 545. The Morgan fingerprint density at radius 3 is 1.72 bits per heavy atom. The molecule has 4 aliphatic rings. The van der Waals surface area contributed by atoms with Gasteiger partial charge in [0.25, 0.3) is 0 Å². The molecule has 0 amide bonds. The summed E-state index contributed by atoms with van der Waals surface area (Å²) in [4.78, 5) is 0. The van der Waals surface area contributed by atoms with Crippen molar-refractivity contribution in [1.29, 1.82) is 0 Å². The third kappa shape index (κ3) is 5.89. The molecule has 29 heavy (non-hydrogen) atoms. The molecule has 162 valence electrons. The van der Waals surface area contributed by atoms with Crippen LogP contribution in [0.1, 0.15) is 96.8 Å². The summed E-state index contributed by atoms with van der Waals surface area (Å²) in [6.07, 6.45) is 32.9. The van der Waals surface area contributed by atoms with E-state index in [4.69, 9.17) is 0 Å². The van der Waals surface area contributed by atoms with Gasteiger partial charge in [-0.15, -0.1) is 6.58 Å². The predicted molar refractivity (Wildman–Crippen MR) is 127 cm³/mol. The molecule has 0 bridgehead atoms. The molecule has 3 saturated carbocycles. The molecule has 0 aromatic carbocycles. The van der Waals surface area contributed by atoms with E-state index in [1.54, 1.807) is 0 Å². The third-order valence-electron chi connectivity index (χ3n) is 9.37. The molecule has 0 N–H and O–H groups in total.